The lowest BCUT2D eigenvalue weighted by Gasteiger charge is -2.41. The Kier molecular flexibility index (Phi) is 8.20. The molecular weight excluding hydrogens is 504 g/mol. The third-order valence-corrected chi connectivity index (χ3v) is 7.64. The second kappa shape index (κ2) is 11.2. The van der Waals surface area contributed by atoms with Crippen LogP contribution in [0.1, 0.15) is 54.8 Å². The summed E-state index contributed by atoms with van der Waals surface area (Å²) in [7, 11) is 0. The molecule has 3 amide bonds. The van der Waals surface area contributed by atoms with Crippen LogP contribution in [0, 0.1) is 18.7 Å². The maximum atomic E-state index is 14.0. The van der Waals surface area contributed by atoms with Gasteiger partial charge in [-0.15, -0.1) is 0 Å². The number of hydrogen-bond acceptors (Lipinski definition) is 3. The normalized spacial score (nSPS) is 22.0. The Hall–Kier alpha value is -2.64. The van der Waals surface area contributed by atoms with Gasteiger partial charge in [0.1, 0.15) is 5.82 Å². The summed E-state index contributed by atoms with van der Waals surface area (Å²) in [6, 6.07) is 9.84. The molecule has 2 fully saturated rings. The van der Waals surface area contributed by atoms with E-state index in [1.165, 1.54) is 19.1 Å². The van der Waals surface area contributed by atoms with E-state index < -0.39 is 0 Å². The first-order valence-electron chi connectivity index (χ1n) is 12.2. The van der Waals surface area contributed by atoms with Crippen molar-refractivity contribution < 1.29 is 18.8 Å². The fourth-order valence-electron chi connectivity index (χ4n) is 5.51. The van der Waals surface area contributed by atoms with Gasteiger partial charge in [-0.1, -0.05) is 29.3 Å². The Morgan fingerprint density at radius 1 is 1.06 bits per heavy atom. The van der Waals surface area contributed by atoms with E-state index in [2.05, 4.69) is 5.32 Å². The highest BCUT2D eigenvalue weighted by Crippen LogP contribution is 2.41. The van der Waals surface area contributed by atoms with Crippen molar-refractivity contribution >= 4 is 40.9 Å². The molecule has 2 aromatic rings. The van der Waals surface area contributed by atoms with Crippen molar-refractivity contribution in [3.05, 3.63) is 69.0 Å². The van der Waals surface area contributed by atoms with Crippen LogP contribution in [-0.2, 0) is 14.4 Å². The van der Waals surface area contributed by atoms with Crippen molar-refractivity contribution in [1.82, 2.24) is 15.1 Å². The second-order valence-corrected chi connectivity index (χ2v) is 10.5. The minimum atomic E-state index is -0.366. The molecule has 6 nitrogen and oxygen atoms in total. The van der Waals surface area contributed by atoms with Crippen molar-refractivity contribution in [3.8, 4) is 0 Å². The Morgan fingerprint density at radius 3 is 2.44 bits per heavy atom. The predicted octanol–water partition coefficient (Wildman–Crippen LogP) is 4.87. The fourth-order valence-corrected chi connectivity index (χ4v) is 6.06. The van der Waals surface area contributed by atoms with E-state index in [0.717, 1.165) is 29.5 Å². The fraction of sp³-hybridized carbons (Fsp3) is 0.444. The van der Waals surface area contributed by atoms with Gasteiger partial charge in [0.05, 0.1) is 12.6 Å². The molecule has 0 aliphatic carbocycles. The monoisotopic (exact) mass is 533 g/mol. The number of rotatable bonds is 5. The molecule has 2 aliphatic rings. The lowest BCUT2D eigenvalue weighted by atomic mass is 9.78. The van der Waals surface area contributed by atoms with Crippen LogP contribution >= 0.6 is 23.2 Å². The molecule has 1 N–H and O–H groups in total. The summed E-state index contributed by atoms with van der Waals surface area (Å²) in [5.41, 5.74) is 2.51. The van der Waals surface area contributed by atoms with Crippen LogP contribution in [0.4, 0.5) is 4.39 Å². The molecule has 2 heterocycles. The van der Waals surface area contributed by atoms with Crippen LogP contribution < -0.4 is 5.32 Å². The van der Waals surface area contributed by atoms with Crippen LogP contribution in [0.2, 0.25) is 10.0 Å². The second-order valence-electron chi connectivity index (χ2n) is 9.64. The Bertz CT molecular complexity index is 1150. The van der Waals surface area contributed by atoms with E-state index in [4.69, 9.17) is 23.2 Å². The molecule has 0 radical (unpaired) electrons. The van der Waals surface area contributed by atoms with Gasteiger partial charge in [-0.05, 0) is 73.2 Å². The highest BCUT2D eigenvalue weighted by atomic mass is 35.5. The van der Waals surface area contributed by atoms with Gasteiger partial charge in [-0.25, -0.2) is 4.39 Å². The summed E-state index contributed by atoms with van der Waals surface area (Å²) in [6.45, 7) is 4.46. The Morgan fingerprint density at radius 2 is 1.78 bits per heavy atom. The maximum absolute atomic E-state index is 14.0. The van der Waals surface area contributed by atoms with Gasteiger partial charge < -0.3 is 15.1 Å². The first kappa shape index (κ1) is 26.4. The average molecular weight is 534 g/mol. The number of hydrogen-bond donors (Lipinski definition) is 1. The first-order chi connectivity index (χ1) is 17.1. The van der Waals surface area contributed by atoms with Crippen molar-refractivity contribution in [1.29, 1.82) is 0 Å². The molecule has 3 atom stereocenters. The molecule has 0 spiro atoms. The summed E-state index contributed by atoms with van der Waals surface area (Å²) in [6.07, 6.45) is 2.16. The van der Waals surface area contributed by atoms with Crippen LogP contribution in [0.25, 0.3) is 0 Å². The zero-order valence-corrected chi connectivity index (χ0v) is 21.9. The number of aryl methyl sites for hydroxylation is 1. The summed E-state index contributed by atoms with van der Waals surface area (Å²) in [5.74, 6) is -1.46. The Labute approximate surface area is 220 Å². The molecule has 0 saturated carbocycles. The van der Waals surface area contributed by atoms with E-state index in [1.807, 2.05) is 24.0 Å². The third-order valence-electron chi connectivity index (χ3n) is 7.21. The lowest BCUT2D eigenvalue weighted by Crippen LogP contribution is -2.50. The molecule has 3 unspecified atom stereocenters. The highest BCUT2D eigenvalue weighted by Gasteiger charge is 2.42. The van der Waals surface area contributed by atoms with Gasteiger partial charge in [-0.2, -0.15) is 0 Å². The minimum Gasteiger partial charge on any atom is -0.347 e. The molecule has 2 aromatic carbocycles. The van der Waals surface area contributed by atoms with E-state index in [9.17, 15) is 18.8 Å². The predicted molar refractivity (Wildman–Crippen MR) is 137 cm³/mol. The van der Waals surface area contributed by atoms with Crippen LogP contribution in [0.3, 0.4) is 0 Å². The number of nitrogens with zero attached hydrogens (tertiary/aromatic N) is 2. The largest absolute Gasteiger partial charge is 0.347 e. The molecule has 0 aromatic heterocycles. The molecule has 192 valence electrons. The number of halogens is 3. The Balaban J connectivity index is 1.62. The van der Waals surface area contributed by atoms with E-state index >= 15 is 0 Å². The van der Waals surface area contributed by atoms with Crippen molar-refractivity contribution in [3.63, 3.8) is 0 Å². The van der Waals surface area contributed by atoms with Gasteiger partial charge in [-0.3, -0.25) is 14.4 Å². The molecule has 9 heteroatoms. The summed E-state index contributed by atoms with van der Waals surface area (Å²) < 4.78 is 13.9. The summed E-state index contributed by atoms with van der Waals surface area (Å²) in [5, 5.41) is 3.61. The first-order valence-corrected chi connectivity index (χ1v) is 12.9. The topological polar surface area (TPSA) is 69.7 Å². The molecular formula is C27H30Cl2FN3O3. The average Bonchev–Trinajstić information content (AvgIpc) is 3.31. The lowest BCUT2D eigenvalue weighted by molar-refractivity contribution is -0.142. The third kappa shape index (κ3) is 5.84. The van der Waals surface area contributed by atoms with E-state index in [1.54, 1.807) is 17.0 Å². The number of benzene rings is 2. The van der Waals surface area contributed by atoms with Gasteiger partial charge >= 0.3 is 0 Å². The minimum absolute atomic E-state index is 0.0243. The highest BCUT2D eigenvalue weighted by molar-refractivity contribution is 6.34. The van der Waals surface area contributed by atoms with Crippen molar-refractivity contribution in [2.45, 2.75) is 45.1 Å². The maximum Gasteiger partial charge on any atom is 0.241 e. The standard InChI is InChI=1S/C27H30Cl2FN3O3/c1-16-10-21(30)5-6-22(16)24-15-32(26(35)14-31-17(2)34)9-7-23(24)27(36)33-8-3-4-25(33)18-11-19(28)13-20(29)12-18/h5-6,10-13,23-25H,3-4,7-9,14-15H2,1-2H3,(H,31,34). The summed E-state index contributed by atoms with van der Waals surface area (Å²) >= 11 is 12.5. The van der Waals surface area contributed by atoms with E-state index in [-0.39, 0.29) is 48.0 Å². The number of likely N-dealkylation sites (tertiary alicyclic amines) is 2. The smallest absolute Gasteiger partial charge is 0.241 e. The molecule has 4 rings (SSSR count). The number of carbonyl (C=O) groups excluding carboxylic acids is 3. The summed E-state index contributed by atoms with van der Waals surface area (Å²) in [4.78, 5) is 41.7. The van der Waals surface area contributed by atoms with Gasteiger partial charge in [0.2, 0.25) is 17.7 Å². The number of nitrogens with one attached hydrogen (secondary N) is 1. The molecule has 2 saturated heterocycles. The van der Waals surface area contributed by atoms with Crippen molar-refractivity contribution in [2.75, 3.05) is 26.2 Å². The zero-order chi connectivity index (χ0) is 26.0. The van der Waals surface area contributed by atoms with E-state index in [0.29, 0.717) is 36.1 Å². The van der Waals surface area contributed by atoms with Crippen molar-refractivity contribution in [2.24, 2.45) is 5.92 Å². The molecule has 2 aliphatic heterocycles. The zero-order valence-electron chi connectivity index (χ0n) is 20.4. The van der Waals surface area contributed by atoms with Gasteiger partial charge in [0.25, 0.3) is 0 Å². The quantitative estimate of drug-likeness (QED) is 0.595. The molecule has 36 heavy (non-hydrogen) atoms. The number of amides is 3. The van der Waals surface area contributed by atoms with Gasteiger partial charge in [0, 0.05) is 48.4 Å². The number of piperidine rings is 1. The number of carbonyl (C=O) groups is 3. The van der Waals surface area contributed by atoms with Crippen LogP contribution in [-0.4, -0.2) is 53.7 Å². The van der Waals surface area contributed by atoms with Gasteiger partial charge in [0.15, 0.2) is 0 Å². The van der Waals surface area contributed by atoms with Crippen LogP contribution in [0.15, 0.2) is 36.4 Å². The van der Waals surface area contributed by atoms with Crippen LogP contribution in [0.5, 0.6) is 0 Å². The molecule has 0 bridgehead atoms. The SMILES string of the molecule is CC(=O)NCC(=O)N1CCC(C(=O)N2CCCC2c2cc(Cl)cc(Cl)c2)C(c2ccc(F)cc2C)C1.